The van der Waals surface area contributed by atoms with Crippen LogP contribution in [0.1, 0.15) is 65.2 Å². The monoisotopic (exact) mass is 235 g/mol. The maximum atomic E-state index is 3.86. The van der Waals surface area contributed by atoms with Crippen LogP contribution in [0.5, 0.6) is 0 Å². The van der Waals surface area contributed by atoms with Crippen LogP contribution in [0.15, 0.2) is 0 Å². The van der Waals surface area contributed by atoms with Crippen molar-refractivity contribution in [2.24, 2.45) is 23.2 Å². The molecule has 0 aromatic rings. The first-order valence-electron chi connectivity index (χ1n) is 7.94. The van der Waals surface area contributed by atoms with Crippen LogP contribution in [0.25, 0.3) is 0 Å². The standard InChI is InChI=1S/C16H29N/c1-3-8-17-15(16(2)6-7-16)11-14-10-12-4-5-13(14)9-12/h12-15,17H,3-11H2,1-2H3. The highest BCUT2D eigenvalue weighted by Crippen LogP contribution is 2.54. The van der Waals surface area contributed by atoms with Gasteiger partial charge in [-0.2, -0.15) is 0 Å². The Labute approximate surface area is 107 Å². The summed E-state index contributed by atoms with van der Waals surface area (Å²) in [6, 6.07) is 0.826. The molecule has 98 valence electrons. The Morgan fingerprint density at radius 1 is 1.24 bits per heavy atom. The Balaban J connectivity index is 1.56. The van der Waals surface area contributed by atoms with E-state index in [1.54, 1.807) is 25.7 Å². The molecule has 3 saturated carbocycles. The molecule has 17 heavy (non-hydrogen) atoms. The van der Waals surface area contributed by atoms with Crippen LogP contribution >= 0.6 is 0 Å². The first-order valence-corrected chi connectivity index (χ1v) is 7.94. The fourth-order valence-electron chi connectivity index (χ4n) is 4.45. The van der Waals surface area contributed by atoms with E-state index < -0.39 is 0 Å². The average molecular weight is 235 g/mol. The van der Waals surface area contributed by atoms with Gasteiger partial charge in [0.1, 0.15) is 0 Å². The summed E-state index contributed by atoms with van der Waals surface area (Å²) in [5.74, 6) is 3.29. The minimum absolute atomic E-state index is 0.664. The first kappa shape index (κ1) is 12.0. The Bertz CT molecular complexity index is 269. The third kappa shape index (κ3) is 2.41. The molecule has 3 fully saturated rings. The minimum atomic E-state index is 0.664. The van der Waals surface area contributed by atoms with Crippen molar-refractivity contribution >= 4 is 0 Å². The van der Waals surface area contributed by atoms with Crippen molar-refractivity contribution in [2.45, 2.75) is 71.3 Å². The highest BCUT2D eigenvalue weighted by atomic mass is 14.9. The lowest BCUT2D eigenvalue weighted by atomic mass is 9.80. The molecule has 3 rings (SSSR count). The molecular weight excluding hydrogens is 206 g/mol. The highest BCUT2D eigenvalue weighted by molar-refractivity contribution is 5.01. The largest absolute Gasteiger partial charge is 0.313 e. The third-order valence-electron chi connectivity index (χ3n) is 5.94. The molecule has 0 heterocycles. The molecule has 0 amide bonds. The van der Waals surface area contributed by atoms with E-state index in [-0.39, 0.29) is 0 Å². The number of rotatable bonds is 6. The molecule has 0 radical (unpaired) electrons. The van der Waals surface area contributed by atoms with Crippen LogP contribution in [0.3, 0.4) is 0 Å². The summed E-state index contributed by atoms with van der Waals surface area (Å²) in [5.41, 5.74) is 0.664. The van der Waals surface area contributed by atoms with Crippen LogP contribution in [-0.2, 0) is 0 Å². The van der Waals surface area contributed by atoms with Gasteiger partial charge in [0.05, 0.1) is 0 Å². The summed E-state index contributed by atoms with van der Waals surface area (Å²) in [7, 11) is 0. The number of hydrogen-bond acceptors (Lipinski definition) is 1. The van der Waals surface area contributed by atoms with Crippen LogP contribution in [0.4, 0.5) is 0 Å². The minimum Gasteiger partial charge on any atom is -0.313 e. The lowest BCUT2D eigenvalue weighted by molar-refractivity contribution is 0.233. The van der Waals surface area contributed by atoms with E-state index in [1.165, 1.54) is 32.2 Å². The molecule has 4 atom stereocenters. The van der Waals surface area contributed by atoms with Crippen LogP contribution in [0.2, 0.25) is 0 Å². The molecule has 1 nitrogen and oxygen atoms in total. The highest BCUT2D eigenvalue weighted by Gasteiger charge is 2.47. The molecule has 4 unspecified atom stereocenters. The maximum absolute atomic E-state index is 3.86. The molecule has 0 aromatic heterocycles. The number of nitrogens with one attached hydrogen (secondary N) is 1. The maximum Gasteiger partial charge on any atom is 0.0124 e. The summed E-state index contributed by atoms with van der Waals surface area (Å²) < 4.78 is 0. The van der Waals surface area contributed by atoms with Crippen molar-refractivity contribution in [3.05, 3.63) is 0 Å². The van der Waals surface area contributed by atoms with Crippen LogP contribution < -0.4 is 5.32 Å². The van der Waals surface area contributed by atoms with E-state index >= 15 is 0 Å². The Kier molecular flexibility index (Phi) is 3.23. The Morgan fingerprint density at radius 2 is 2.06 bits per heavy atom. The summed E-state index contributed by atoms with van der Waals surface area (Å²) in [4.78, 5) is 0. The molecule has 1 heteroatoms. The molecule has 0 aliphatic heterocycles. The quantitative estimate of drug-likeness (QED) is 0.734. The number of hydrogen-bond donors (Lipinski definition) is 1. The average Bonchev–Trinajstić information content (AvgIpc) is 2.79. The van der Waals surface area contributed by atoms with Gasteiger partial charge in [-0.15, -0.1) is 0 Å². The van der Waals surface area contributed by atoms with Crippen molar-refractivity contribution in [2.75, 3.05) is 6.54 Å². The second kappa shape index (κ2) is 4.57. The predicted molar refractivity (Wildman–Crippen MR) is 73.0 cm³/mol. The Morgan fingerprint density at radius 3 is 2.59 bits per heavy atom. The SMILES string of the molecule is CCCNC(CC1CC2CCC1C2)C1(C)CC1. The summed E-state index contributed by atoms with van der Waals surface area (Å²) >= 11 is 0. The fraction of sp³-hybridized carbons (Fsp3) is 1.00. The zero-order valence-corrected chi connectivity index (χ0v) is 11.7. The smallest absolute Gasteiger partial charge is 0.0124 e. The van der Waals surface area contributed by atoms with Crippen molar-refractivity contribution in [1.29, 1.82) is 0 Å². The second-order valence-electron chi connectivity index (χ2n) is 7.33. The topological polar surface area (TPSA) is 12.0 Å². The van der Waals surface area contributed by atoms with Gasteiger partial charge in [0, 0.05) is 6.04 Å². The van der Waals surface area contributed by atoms with E-state index in [0.29, 0.717) is 5.41 Å². The van der Waals surface area contributed by atoms with Gasteiger partial charge in [-0.3, -0.25) is 0 Å². The van der Waals surface area contributed by atoms with Gasteiger partial charge in [-0.05, 0) is 74.7 Å². The van der Waals surface area contributed by atoms with Crippen molar-refractivity contribution in [3.63, 3.8) is 0 Å². The van der Waals surface area contributed by atoms with Gasteiger partial charge in [0.2, 0.25) is 0 Å². The summed E-state index contributed by atoms with van der Waals surface area (Å²) in [6.07, 6.45) is 11.9. The molecule has 2 bridgehead atoms. The van der Waals surface area contributed by atoms with Gasteiger partial charge in [-0.1, -0.05) is 20.3 Å². The fourth-order valence-corrected chi connectivity index (χ4v) is 4.45. The lowest BCUT2D eigenvalue weighted by Crippen LogP contribution is -2.39. The van der Waals surface area contributed by atoms with E-state index in [9.17, 15) is 0 Å². The lowest BCUT2D eigenvalue weighted by Gasteiger charge is -2.31. The molecular formula is C16H29N. The first-order chi connectivity index (χ1) is 8.21. The summed E-state index contributed by atoms with van der Waals surface area (Å²) in [6.45, 7) is 6.02. The van der Waals surface area contributed by atoms with Crippen LogP contribution in [0, 0.1) is 23.2 Å². The molecule has 0 spiro atoms. The normalized spacial score (nSPS) is 39.5. The third-order valence-corrected chi connectivity index (χ3v) is 5.94. The number of fused-ring (bicyclic) bond motifs is 2. The van der Waals surface area contributed by atoms with Crippen molar-refractivity contribution in [3.8, 4) is 0 Å². The van der Waals surface area contributed by atoms with Gasteiger partial charge in [0.15, 0.2) is 0 Å². The van der Waals surface area contributed by atoms with Gasteiger partial charge in [0.25, 0.3) is 0 Å². The van der Waals surface area contributed by atoms with Gasteiger partial charge >= 0.3 is 0 Å². The molecule has 3 aliphatic rings. The predicted octanol–water partition coefficient (Wildman–Crippen LogP) is 3.98. The zero-order chi connectivity index (χ0) is 11.9. The molecule has 0 aromatic carbocycles. The van der Waals surface area contributed by atoms with Gasteiger partial charge < -0.3 is 5.32 Å². The van der Waals surface area contributed by atoms with E-state index in [0.717, 1.165) is 23.8 Å². The van der Waals surface area contributed by atoms with Crippen molar-refractivity contribution in [1.82, 2.24) is 5.32 Å². The van der Waals surface area contributed by atoms with E-state index in [1.807, 2.05) is 0 Å². The zero-order valence-electron chi connectivity index (χ0n) is 11.7. The summed E-state index contributed by atoms with van der Waals surface area (Å²) in [5, 5.41) is 3.86. The van der Waals surface area contributed by atoms with Crippen LogP contribution in [-0.4, -0.2) is 12.6 Å². The molecule has 0 saturated heterocycles. The molecule has 1 N–H and O–H groups in total. The second-order valence-corrected chi connectivity index (χ2v) is 7.33. The Hall–Kier alpha value is -0.0400. The van der Waals surface area contributed by atoms with Gasteiger partial charge in [-0.25, -0.2) is 0 Å². The van der Waals surface area contributed by atoms with E-state index in [2.05, 4.69) is 19.2 Å². The molecule has 3 aliphatic carbocycles. The van der Waals surface area contributed by atoms with Crippen molar-refractivity contribution < 1.29 is 0 Å². The van der Waals surface area contributed by atoms with E-state index in [4.69, 9.17) is 0 Å².